The highest BCUT2D eigenvalue weighted by molar-refractivity contribution is 6.40. The summed E-state index contributed by atoms with van der Waals surface area (Å²) in [4.78, 5) is 11.7. The number of nitrogens with one attached hydrogen (secondary N) is 1. The Morgan fingerprint density at radius 3 is 2.63 bits per heavy atom. The first-order chi connectivity index (χ1) is 8.96. The molecule has 3 atom stereocenters. The lowest BCUT2D eigenvalue weighted by Gasteiger charge is -2.44. The van der Waals surface area contributed by atoms with Gasteiger partial charge in [-0.2, -0.15) is 0 Å². The molecule has 6 N–H and O–H groups in total. The SMILES string of the molecule is CCN[C@]1(C(=O)O)C[C@H](CCB(O)O)CC[C@H]1CN. The fraction of sp³-hybridized carbons (Fsp3) is 0.917. The maximum absolute atomic E-state index is 11.7. The van der Waals surface area contributed by atoms with Gasteiger partial charge in [-0.1, -0.05) is 13.3 Å². The lowest BCUT2D eigenvalue weighted by Crippen LogP contribution is -2.62. The first-order valence-corrected chi connectivity index (χ1v) is 7.00. The number of carboxylic acid groups (broad SMARTS) is 1. The molecule has 0 aromatic carbocycles. The van der Waals surface area contributed by atoms with E-state index in [1.807, 2.05) is 6.92 Å². The normalized spacial score (nSPS) is 31.2. The number of hydrogen-bond acceptors (Lipinski definition) is 5. The summed E-state index contributed by atoms with van der Waals surface area (Å²) in [5.41, 5.74) is 4.77. The van der Waals surface area contributed by atoms with Crippen LogP contribution in [0.25, 0.3) is 0 Å². The molecular weight excluding hydrogens is 247 g/mol. The Bertz CT molecular complexity index is 303. The summed E-state index contributed by atoms with van der Waals surface area (Å²) in [5.74, 6) is -0.723. The molecule has 110 valence electrons. The molecule has 0 aromatic heterocycles. The molecule has 1 rings (SSSR count). The van der Waals surface area contributed by atoms with Crippen LogP contribution < -0.4 is 11.1 Å². The molecule has 0 spiro atoms. The smallest absolute Gasteiger partial charge is 0.451 e. The zero-order chi connectivity index (χ0) is 14.5. The van der Waals surface area contributed by atoms with Crippen LogP contribution in [0.15, 0.2) is 0 Å². The molecule has 0 heterocycles. The van der Waals surface area contributed by atoms with Gasteiger partial charge in [-0.3, -0.25) is 4.79 Å². The van der Waals surface area contributed by atoms with Gasteiger partial charge in [0.2, 0.25) is 0 Å². The summed E-state index contributed by atoms with van der Waals surface area (Å²) in [7, 11) is -1.31. The minimum Gasteiger partial charge on any atom is -0.480 e. The fourth-order valence-electron chi connectivity index (χ4n) is 3.23. The number of carboxylic acids is 1. The molecule has 0 aromatic rings. The zero-order valence-corrected chi connectivity index (χ0v) is 11.5. The Morgan fingerprint density at radius 1 is 1.47 bits per heavy atom. The average Bonchev–Trinajstić information content (AvgIpc) is 2.36. The molecule has 0 aliphatic heterocycles. The monoisotopic (exact) mass is 272 g/mol. The quantitative estimate of drug-likeness (QED) is 0.405. The van der Waals surface area contributed by atoms with Crippen molar-refractivity contribution in [1.82, 2.24) is 5.32 Å². The molecule has 1 aliphatic rings. The third kappa shape index (κ3) is 3.92. The van der Waals surface area contributed by atoms with Crippen LogP contribution in [0.3, 0.4) is 0 Å². The number of nitrogens with two attached hydrogens (primary N) is 1. The molecule has 0 unspecified atom stereocenters. The van der Waals surface area contributed by atoms with Gasteiger partial charge in [0, 0.05) is 5.92 Å². The lowest BCUT2D eigenvalue weighted by atomic mass is 9.65. The first kappa shape index (κ1) is 16.4. The van der Waals surface area contributed by atoms with Crippen LogP contribution in [-0.4, -0.2) is 46.9 Å². The minimum absolute atomic E-state index is 0.0692. The van der Waals surface area contributed by atoms with Crippen LogP contribution in [0.1, 0.15) is 32.6 Å². The van der Waals surface area contributed by atoms with Crippen LogP contribution in [0, 0.1) is 11.8 Å². The molecule has 1 saturated carbocycles. The molecule has 1 aliphatic carbocycles. The predicted octanol–water partition coefficient (Wildman–Crippen LogP) is -0.343. The van der Waals surface area contributed by atoms with Crippen LogP contribution in [0.5, 0.6) is 0 Å². The highest BCUT2D eigenvalue weighted by Crippen LogP contribution is 2.39. The summed E-state index contributed by atoms with van der Waals surface area (Å²) in [6.07, 6.45) is 3.09. The fourth-order valence-corrected chi connectivity index (χ4v) is 3.23. The Balaban J connectivity index is 2.79. The van der Waals surface area contributed by atoms with Gasteiger partial charge in [-0.25, -0.2) is 0 Å². The summed E-state index contributed by atoms with van der Waals surface area (Å²) < 4.78 is 0. The van der Waals surface area contributed by atoms with Crippen molar-refractivity contribution in [3.8, 4) is 0 Å². The second-order valence-corrected chi connectivity index (χ2v) is 5.44. The van der Waals surface area contributed by atoms with E-state index < -0.39 is 18.6 Å². The number of carbonyl (C=O) groups is 1. The van der Waals surface area contributed by atoms with Crippen molar-refractivity contribution in [2.75, 3.05) is 13.1 Å². The van der Waals surface area contributed by atoms with Crippen LogP contribution in [0.2, 0.25) is 6.32 Å². The molecule has 0 radical (unpaired) electrons. The Kier molecular flexibility index (Phi) is 6.26. The largest absolute Gasteiger partial charge is 0.480 e. The third-order valence-electron chi connectivity index (χ3n) is 4.22. The topological polar surface area (TPSA) is 116 Å². The van der Waals surface area contributed by atoms with Crippen LogP contribution in [0.4, 0.5) is 0 Å². The first-order valence-electron chi connectivity index (χ1n) is 7.00. The third-order valence-corrected chi connectivity index (χ3v) is 4.22. The highest BCUT2D eigenvalue weighted by Gasteiger charge is 2.48. The second-order valence-electron chi connectivity index (χ2n) is 5.44. The van der Waals surface area contributed by atoms with E-state index in [1.165, 1.54) is 0 Å². The summed E-state index contributed by atoms with van der Waals surface area (Å²) >= 11 is 0. The molecule has 1 fully saturated rings. The average molecular weight is 272 g/mol. The number of likely N-dealkylation sites (N-methyl/N-ethyl adjacent to an activating group) is 1. The second kappa shape index (κ2) is 7.24. The van der Waals surface area contributed by atoms with E-state index in [2.05, 4.69) is 5.32 Å². The van der Waals surface area contributed by atoms with Gasteiger partial charge in [-0.15, -0.1) is 0 Å². The highest BCUT2D eigenvalue weighted by atomic mass is 16.4. The van der Waals surface area contributed by atoms with Gasteiger partial charge in [0.1, 0.15) is 5.54 Å². The van der Waals surface area contributed by atoms with Crippen molar-refractivity contribution in [1.29, 1.82) is 0 Å². The van der Waals surface area contributed by atoms with Crippen molar-refractivity contribution < 1.29 is 19.9 Å². The minimum atomic E-state index is -1.31. The van der Waals surface area contributed by atoms with Gasteiger partial charge in [0.15, 0.2) is 0 Å². The Labute approximate surface area is 114 Å². The number of rotatable bonds is 7. The number of hydrogen-bond donors (Lipinski definition) is 5. The van der Waals surface area contributed by atoms with Crippen molar-refractivity contribution in [3.63, 3.8) is 0 Å². The molecule has 19 heavy (non-hydrogen) atoms. The van der Waals surface area contributed by atoms with Crippen molar-refractivity contribution in [2.45, 2.75) is 44.5 Å². The van der Waals surface area contributed by atoms with Gasteiger partial charge in [0.05, 0.1) is 0 Å². The Morgan fingerprint density at radius 2 is 2.16 bits per heavy atom. The van der Waals surface area contributed by atoms with Gasteiger partial charge in [-0.05, 0) is 44.6 Å². The molecule has 0 amide bonds. The van der Waals surface area contributed by atoms with Crippen LogP contribution >= 0.6 is 0 Å². The lowest BCUT2D eigenvalue weighted by molar-refractivity contribution is -0.150. The van der Waals surface area contributed by atoms with E-state index in [0.29, 0.717) is 32.3 Å². The zero-order valence-electron chi connectivity index (χ0n) is 11.5. The van der Waals surface area contributed by atoms with Crippen molar-refractivity contribution >= 4 is 13.1 Å². The molecule has 0 saturated heterocycles. The van der Waals surface area contributed by atoms with Crippen molar-refractivity contribution in [2.24, 2.45) is 17.6 Å². The Hall–Kier alpha value is -0.625. The standard InChI is InChI=1S/C12H25BN2O4/c1-2-15-12(11(16)17)7-9(5-6-13(18)19)3-4-10(12)8-14/h9-10,15,18-19H,2-8,14H2,1H3,(H,16,17)/t9-,10-,12+/m0/s1. The maximum atomic E-state index is 11.7. The number of aliphatic carboxylic acids is 1. The van der Waals surface area contributed by atoms with E-state index >= 15 is 0 Å². The summed E-state index contributed by atoms with van der Waals surface area (Å²) in [6, 6.07) is 0. The van der Waals surface area contributed by atoms with Gasteiger partial charge in [0.25, 0.3) is 0 Å². The molecule has 0 bridgehead atoms. The summed E-state index contributed by atoms with van der Waals surface area (Å²) in [5, 5.41) is 30.6. The van der Waals surface area contributed by atoms with E-state index in [9.17, 15) is 9.90 Å². The molecule has 6 nitrogen and oxygen atoms in total. The van der Waals surface area contributed by atoms with Gasteiger partial charge >= 0.3 is 13.1 Å². The summed E-state index contributed by atoms with van der Waals surface area (Å²) in [6.45, 7) is 2.83. The van der Waals surface area contributed by atoms with E-state index in [-0.39, 0.29) is 11.8 Å². The van der Waals surface area contributed by atoms with E-state index in [0.717, 1.165) is 12.8 Å². The van der Waals surface area contributed by atoms with Crippen molar-refractivity contribution in [3.05, 3.63) is 0 Å². The maximum Gasteiger partial charge on any atom is 0.451 e. The van der Waals surface area contributed by atoms with Gasteiger partial charge < -0.3 is 26.2 Å². The molecule has 7 heteroatoms. The van der Waals surface area contributed by atoms with E-state index in [1.54, 1.807) is 0 Å². The predicted molar refractivity (Wildman–Crippen MR) is 73.5 cm³/mol. The van der Waals surface area contributed by atoms with E-state index in [4.69, 9.17) is 15.8 Å². The molecular formula is C12H25BN2O4. The van der Waals surface area contributed by atoms with Crippen LogP contribution in [-0.2, 0) is 4.79 Å².